The number of carboxylic acid groups (broad SMARTS) is 1. The molecule has 13 heavy (non-hydrogen) atoms. The van der Waals surface area contributed by atoms with Crippen LogP contribution >= 0.6 is 0 Å². The van der Waals surface area contributed by atoms with Gasteiger partial charge in [-0.3, -0.25) is 4.79 Å². The molecular formula is C8H10N2O3. The van der Waals surface area contributed by atoms with Gasteiger partial charge < -0.3 is 5.11 Å². The molecule has 0 aliphatic rings. The van der Waals surface area contributed by atoms with Crippen LogP contribution in [-0.4, -0.2) is 21.3 Å². The summed E-state index contributed by atoms with van der Waals surface area (Å²) in [5.41, 5.74) is -0.0143. The molecule has 5 nitrogen and oxygen atoms in total. The number of hydrogen-bond donors (Lipinski definition) is 2. The third kappa shape index (κ3) is 1.93. The molecule has 0 aliphatic heterocycles. The highest BCUT2D eigenvalue weighted by Crippen LogP contribution is 2.14. The summed E-state index contributed by atoms with van der Waals surface area (Å²) < 4.78 is 0. The summed E-state index contributed by atoms with van der Waals surface area (Å²) in [5, 5.41) is 14.3. The Kier molecular flexibility index (Phi) is 2.46. The monoisotopic (exact) mass is 182 g/mol. The van der Waals surface area contributed by atoms with Crippen LogP contribution in [0.25, 0.3) is 0 Å². The third-order valence-corrected chi connectivity index (χ3v) is 1.66. The zero-order valence-electron chi connectivity index (χ0n) is 7.37. The molecular weight excluding hydrogens is 172 g/mol. The highest BCUT2D eigenvalue weighted by molar-refractivity contribution is 5.86. The van der Waals surface area contributed by atoms with E-state index in [0.29, 0.717) is 5.56 Å². The molecule has 0 atom stereocenters. The van der Waals surface area contributed by atoms with Gasteiger partial charge in [-0.25, -0.2) is 9.89 Å². The smallest absolute Gasteiger partial charge is 0.356 e. The zero-order valence-corrected chi connectivity index (χ0v) is 7.37. The standard InChI is InChI=1S/C8H10N2O3/c1-4(2)5-3-6(11)9-10-7(5)8(12)13/h3-4H,1-2H3,(H,9,11)(H,12,13). The highest BCUT2D eigenvalue weighted by Gasteiger charge is 2.14. The van der Waals surface area contributed by atoms with Crippen molar-refractivity contribution in [3.63, 3.8) is 0 Å². The zero-order chi connectivity index (χ0) is 10.0. The van der Waals surface area contributed by atoms with Crippen molar-refractivity contribution < 1.29 is 9.90 Å². The minimum Gasteiger partial charge on any atom is -0.476 e. The molecule has 1 aromatic rings. The van der Waals surface area contributed by atoms with E-state index in [0.717, 1.165) is 0 Å². The molecule has 0 aromatic carbocycles. The van der Waals surface area contributed by atoms with Crippen LogP contribution in [0.1, 0.15) is 35.8 Å². The van der Waals surface area contributed by atoms with Crippen LogP contribution in [0.2, 0.25) is 0 Å². The number of nitrogens with one attached hydrogen (secondary N) is 1. The predicted molar refractivity (Wildman–Crippen MR) is 45.9 cm³/mol. The number of hydrogen-bond acceptors (Lipinski definition) is 3. The number of aromatic amines is 1. The molecule has 0 radical (unpaired) electrons. The molecule has 0 aliphatic carbocycles. The molecule has 0 unspecified atom stereocenters. The van der Waals surface area contributed by atoms with Crippen molar-refractivity contribution in [1.82, 2.24) is 10.2 Å². The molecule has 0 amide bonds. The number of H-pyrrole nitrogens is 1. The van der Waals surface area contributed by atoms with E-state index in [-0.39, 0.29) is 17.2 Å². The van der Waals surface area contributed by atoms with Crippen LogP contribution in [0, 0.1) is 0 Å². The average molecular weight is 182 g/mol. The first kappa shape index (κ1) is 9.44. The van der Waals surface area contributed by atoms with Gasteiger partial charge in [0.2, 0.25) is 0 Å². The van der Waals surface area contributed by atoms with Gasteiger partial charge in [0.05, 0.1) is 0 Å². The van der Waals surface area contributed by atoms with Gasteiger partial charge in [0, 0.05) is 6.07 Å². The Hall–Kier alpha value is -1.65. The molecule has 1 heterocycles. The third-order valence-electron chi connectivity index (χ3n) is 1.66. The van der Waals surface area contributed by atoms with Gasteiger partial charge in [0.25, 0.3) is 5.56 Å². The summed E-state index contributed by atoms with van der Waals surface area (Å²) in [6, 6.07) is 1.26. The summed E-state index contributed by atoms with van der Waals surface area (Å²) in [7, 11) is 0. The number of rotatable bonds is 2. The Morgan fingerprint density at radius 1 is 1.62 bits per heavy atom. The van der Waals surface area contributed by atoms with E-state index >= 15 is 0 Å². The van der Waals surface area contributed by atoms with Gasteiger partial charge in [0.1, 0.15) is 0 Å². The van der Waals surface area contributed by atoms with E-state index in [1.54, 1.807) is 0 Å². The van der Waals surface area contributed by atoms with Crippen LogP contribution in [0.15, 0.2) is 10.9 Å². The van der Waals surface area contributed by atoms with Gasteiger partial charge in [-0.1, -0.05) is 13.8 Å². The van der Waals surface area contributed by atoms with Crippen molar-refractivity contribution in [3.8, 4) is 0 Å². The molecule has 1 aromatic heterocycles. The van der Waals surface area contributed by atoms with Crippen LogP contribution in [0.4, 0.5) is 0 Å². The first-order valence-electron chi connectivity index (χ1n) is 3.85. The van der Waals surface area contributed by atoms with E-state index in [2.05, 4.69) is 10.2 Å². The quantitative estimate of drug-likeness (QED) is 0.701. The summed E-state index contributed by atoms with van der Waals surface area (Å²) >= 11 is 0. The Morgan fingerprint density at radius 2 is 2.23 bits per heavy atom. The molecule has 1 rings (SSSR count). The molecule has 2 N–H and O–H groups in total. The number of carboxylic acids is 1. The first-order valence-corrected chi connectivity index (χ1v) is 3.85. The fourth-order valence-corrected chi connectivity index (χ4v) is 1.03. The maximum absolute atomic E-state index is 10.9. The molecule has 0 fully saturated rings. The van der Waals surface area contributed by atoms with Crippen molar-refractivity contribution >= 4 is 5.97 Å². The number of aromatic carboxylic acids is 1. The second-order valence-corrected chi connectivity index (χ2v) is 3.00. The normalized spacial score (nSPS) is 10.4. The molecule has 5 heteroatoms. The molecule has 70 valence electrons. The van der Waals surface area contributed by atoms with Gasteiger partial charge in [-0.2, -0.15) is 5.10 Å². The lowest BCUT2D eigenvalue weighted by molar-refractivity contribution is 0.0687. The van der Waals surface area contributed by atoms with Crippen LogP contribution in [-0.2, 0) is 0 Å². The highest BCUT2D eigenvalue weighted by atomic mass is 16.4. The van der Waals surface area contributed by atoms with Gasteiger partial charge in [-0.15, -0.1) is 0 Å². The maximum atomic E-state index is 10.9. The maximum Gasteiger partial charge on any atom is 0.356 e. The Morgan fingerprint density at radius 3 is 2.69 bits per heavy atom. The molecule has 0 saturated carbocycles. The number of nitrogens with zero attached hydrogens (tertiary/aromatic N) is 1. The summed E-state index contributed by atoms with van der Waals surface area (Å²) in [5.74, 6) is -1.15. The van der Waals surface area contributed by atoms with Gasteiger partial charge in [0.15, 0.2) is 5.69 Å². The topological polar surface area (TPSA) is 83.0 Å². The van der Waals surface area contributed by atoms with Gasteiger partial charge in [-0.05, 0) is 11.5 Å². The lowest BCUT2D eigenvalue weighted by Crippen LogP contribution is -2.16. The Labute approximate surface area is 74.4 Å². The van der Waals surface area contributed by atoms with Crippen molar-refractivity contribution in [1.29, 1.82) is 0 Å². The lowest BCUT2D eigenvalue weighted by Gasteiger charge is -2.06. The van der Waals surface area contributed by atoms with E-state index in [1.807, 2.05) is 13.8 Å². The Balaban J connectivity index is 3.35. The van der Waals surface area contributed by atoms with E-state index in [4.69, 9.17) is 5.11 Å². The second kappa shape index (κ2) is 3.38. The van der Waals surface area contributed by atoms with E-state index in [9.17, 15) is 9.59 Å². The molecule has 0 spiro atoms. The molecule has 0 saturated heterocycles. The van der Waals surface area contributed by atoms with E-state index in [1.165, 1.54) is 6.07 Å². The fourth-order valence-electron chi connectivity index (χ4n) is 1.03. The van der Waals surface area contributed by atoms with Crippen LogP contribution in [0.5, 0.6) is 0 Å². The summed E-state index contributed by atoms with van der Waals surface area (Å²) in [4.78, 5) is 21.5. The average Bonchev–Trinajstić information content (AvgIpc) is 2.03. The second-order valence-electron chi connectivity index (χ2n) is 3.00. The minimum absolute atomic E-state index is 0.0269. The van der Waals surface area contributed by atoms with Crippen LogP contribution < -0.4 is 5.56 Å². The minimum atomic E-state index is -1.13. The summed E-state index contributed by atoms with van der Waals surface area (Å²) in [6.07, 6.45) is 0. The van der Waals surface area contributed by atoms with Crippen molar-refractivity contribution in [3.05, 3.63) is 27.7 Å². The number of carbonyl (C=O) groups is 1. The number of aromatic nitrogens is 2. The van der Waals surface area contributed by atoms with Crippen LogP contribution in [0.3, 0.4) is 0 Å². The predicted octanol–water partition coefficient (Wildman–Crippen LogP) is 0.592. The Bertz CT molecular complexity index is 381. The largest absolute Gasteiger partial charge is 0.476 e. The van der Waals surface area contributed by atoms with E-state index < -0.39 is 5.97 Å². The molecule has 0 bridgehead atoms. The van der Waals surface area contributed by atoms with Crippen molar-refractivity contribution in [2.24, 2.45) is 0 Å². The van der Waals surface area contributed by atoms with Gasteiger partial charge >= 0.3 is 5.97 Å². The lowest BCUT2D eigenvalue weighted by atomic mass is 10.0. The SMILES string of the molecule is CC(C)c1cc(=O)[nH]nc1C(=O)O. The first-order chi connectivity index (χ1) is 6.02. The fraction of sp³-hybridized carbons (Fsp3) is 0.375. The van der Waals surface area contributed by atoms with Crippen molar-refractivity contribution in [2.45, 2.75) is 19.8 Å². The van der Waals surface area contributed by atoms with Crippen molar-refractivity contribution in [2.75, 3.05) is 0 Å². The summed E-state index contributed by atoms with van der Waals surface area (Å²) in [6.45, 7) is 3.62.